The molecule has 0 radical (unpaired) electrons. The molecule has 2 rings (SSSR count). The first kappa shape index (κ1) is 12.2. The van der Waals surface area contributed by atoms with Crippen molar-refractivity contribution in [3.63, 3.8) is 0 Å². The zero-order valence-electron chi connectivity index (χ0n) is 10.6. The quantitative estimate of drug-likeness (QED) is 0.823. The molecule has 2 aromatic rings. The van der Waals surface area contributed by atoms with Gasteiger partial charge in [0.1, 0.15) is 11.5 Å². The van der Waals surface area contributed by atoms with E-state index in [0.717, 1.165) is 16.9 Å². The molecular weight excluding hydrogens is 224 g/mol. The number of rotatable bonds is 3. The zero-order chi connectivity index (χ0) is 13.0. The molecule has 92 valence electrons. The number of methoxy groups -OCH3 is 1. The highest BCUT2D eigenvalue weighted by Gasteiger charge is 1.97. The number of hydrogen-bond acceptors (Lipinski definition) is 2. The van der Waals surface area contributed by atoms with Crippen molar-refractivity contribution in [1.29, 1.82) is 0 Å². The van der Waals surface area contributed by atoms with Crippen LogP contribution in [-0.2, 0) is 0 Å². The van der Waals surface area contributed by atoms with Gasteiger partial charge in [-0.3, -0.25) is 0 Å². The summed E-state index contributed by atoms with van der Waals surface area (Å²) in [7, 11) is 1.66. The van der Waals surface area contributed by atoms with E-state index in [1.54, 1.807) is 19.2 Å². The fourth-order valence-corrected chi connectivity index (χ4v) is 1.76. The molecule has 0 heterocycles. The van der Waals surface area contributed by atoms with Gasteiger partial charge in [-0.15, -0.1) is 0 Å². The number of allylic oxidation sites excluding steroid dienone is 1. The van der Waals surface area contributed by atoms with Gasteiger partial charge in [0.05, 0.1) is 7.11 Å². The molecule has 0 amide bonds. The molecular formula is C16H16O2. The lowest BCUT2D eigenvalue weighted by Crippen LogP contribution is -1.84. The minimum Gasteiger partial charge on any atom is -0.508 e. The average Bonchev–Trinajstić information content (AvgIpc) is 2.41. The van der Waals surface area contributed by atoms with Gasteiger partial charge in [-0.2, -0.15) is 0 Å². The summed E-state index contributed by atoms with van der Waals surface area (Å²) < 4.78 is 5.13. The minimum atomic E-state index is 0.286. The van der Waals surface area contributed by atoms with E-state index >= 15 is 0 Å². The van der Waals surface area contributed by atoms with E-state index in [4.69, 9.17) is 4.74 Å². The SMILES string of the molecule is COc1ccc(/C(C)=C/c2ccc(O)cc2)cc1. The summed E-state index contributed by atoms with van der Waals surface area (Å²) >= 11 is 0. The van der Waals surface area contributed by atoms with Crippen LogP contribution in [0.5, 0.6) is 11.5 Å². The van der Waals surface area contributed by atoms with Gasteiger partial charge in [0.15, 0.2) is 0 Å². The molecule has 0 fully saturated rings. The standard InChI is InChI=1S/C16H16O2/c1-12(11-13-3-7-15(17)8-4-13)14-5-9-16(18-2)10-6-14/h3-11,17H,1-2H3/b12-11+. The van der Waals surface area contributed by atoms with Crippen molar-refractivity contribution in [2.75, 3.05) is 7.11 Å². The Bertz CT molecular complexity index is 536. The first-order valence-corrected chi connectivity index (χ1v) is 5.81. The lowest BCUT2D eigenvalue weighted by atomic mass is 10.0. The third-order valence-electron chi connectivity index (χ3n) is 2.82. The van der Waals surface area contributed by atoms with Gasteiger partial charge in [-0.1, -0.05) is 30.3 Å². The van der Waals surface area contributed by atoms with Crippen LogP contribution in [0.25, 0.3) is 11.6 Å². The predicted octanol–water partition coefficient (Wildman–Crippen LogP) is 3.96. The number of benzene rings is 2. The van der Waals surface area contributed by atoms with Gasteiger partial charge in [0, 0.05) is 0 Å². The Morgan fingerprint density at radius 2 is 1.61 bits per heavy atom. The highest BCUT2D eigenvalue weighted by molar-refractivity contribution is 5.80. The third-order valence-corrected chi connectivity index (χ3v) is 2.82. The van der Waals surface area contributed by atoms with Crippen LogP contribution in [0.2, 0.25) is 0 Å². The van der Waals surface area contributed by atoms with Crippen molar-refractivity contribution in [1.82, 2.24) is 0 Å². The Morgan fingerprint density at radius 1 is 1.00 bits per heavy atom. The Labute approximate surface area is 107 Å². The first-order valence-electron chi connectivity index (χ1n) is 5.81. The number of phenolic OH excluding ortho intramolecular Hbond substituents is 1. The molecule has 0 aliphatic heterocycles. The van der Waals surface area contributed by atoms with E-state index in [0.29, 0.717) is 0 Å². The molecule has 0 atom stereocenters. The Morgan fingerprint density at radius 3 is 2.17 bits per heavy atom. The molecule has 1 N–H and O–H groups in total. The molecule has 0 aromatic heterocycles. The van der Waals surface area contributed by atoms with Gasteiger partial charge in [0.2, 0.25) is 0 Å². The van der Waals surface area contributed by atoms with Gasteiger partial charge in [-0.05, 0) is 47.9 Å². The van der Waals surface area contributed by atoms with Crippen LogP contribution < -0.4 is 4.74 Å². The summed E-state index contributed by atoms with van der Waals surface area (Å²) in [6.45, 7) is 2.06. The highest BCUT2D eigenvalue weighted by Crippen LogP contribution is 2.21. The second-order valence-electron chi connectivity index (χ2n) is 4.15. The largest absolute Gasteiger partial charge is 0.508 e. The van der Waals surface area contributed by atoms with Crippen molar-refractivity contribution in [2.45, 2.75) is 6.92 Å². The normalized spacial score (nSPS) is 11.3. The van der Waals surface area contributed by atoms with E-state index < -0.39 is 0 Å². The van der Waals surface area contributed by atoms with Crippen molar-refractivity contribution in [2.24, 2.45) is 0 Å². The van der Waals surface area contributed by atoms with Crippen molar-refractivity contribution >= 4 is 11.6 Å². The summed E-state index contributed by atoms with van der Waals surface area (Å²) in [4.78, 5) is 0. The van der Waals surface area contributed by atoms with Crippen LogP contribution in [0.1, 0.15) is 18.1 Å². The molecule has 0 unspecified atom stereocenters. The molecule has 0 saturated heterocycles. The lowest BCUT2D eigenvalue weighted by molar-refractivity contribution is 0.415. The summed E-state index contributed by atoms with van der Waals surface area (Å²) in [5.74, 6) is 1.14. The fourth-order valence-electron chi connectivity index (χ4n) is 1.76. The predicted molar refractivity (Wildman–Crippen MR) is 74.6 cm³/mol. The third kappa shape index (κ3) is 2.92. The van der Waals surface area contributed by atoms with E-state index in [1.807, 2.05) is 36.4 Å². The lowest BCUT2D eigenvalue weighted by Gasteiger charge is -2.04. The maximum absolute atomic E-state index is 9.23. The van der Waals surface area contributed by atoms with Gasteiger partial charge < -0.3 is 9.84 Å². The summed E-state index contributed by atoms with van der Waals surface area (Å²) in [6, 6.07) is 15.1. The van der Waals surface area contributed by atoms with E-state index in [1.165, 1.54) is 5.57 Å². The fraction of sp³-hybridized carbons (Fsp3) is 0.125. The molecule has 0 spiro atoms. The summed E-state index contributed by atoms with van der Waals surface area (Å²) in [5, 5.41) is 9.23. The highest BCUT2D eigenvalue weighted by atomic mass is 16.5. The maximum atomic E-state index is 9.23. The number of aromatic hydroxyl groups is 1. The van der Waals surface area contributed by atoms with E-state index in [9.17, 15) is 5.11 Å². The van der Waals surface area contributed by atoms with Crippen molar-refractivity contribution in [3.05, 3.63) is 59.7 Å². The second-order valence-corrected chi connectivity index (χ2v) is 4.15. The van der Waals surface area contributed by atoms with Crippen LogP contribution in [-0.4, -0.2) is 12.2 Å². The Balaban J connectivity index is 2.23. The second kappa shape index (κ2) is 5.41. The first-order chi connectivity index (χ1) is 8.69. The van der Waals surface area contributed by atoms with E-state index in [2.05, 4.69) is 13.0 Å². The summed E-state index contributed by atoms with van der Waals surface area (Å²) in [6.07, 6.45) is 2.08. The topological polar surface area (TPSA) is 29.5 Å². The van der Waals surface area contributed by atoms with Crippen molar-refractivity contribution in [3.8, 4) is 11.5 Å². The minimum absolute atomic E-state index is 0.286. The molecule has 18 heavy (non-hydrogen) atoms. The number of phenols is 1. The van der Waals surface area contributed by atoms with Crippen LogP contribution in [0.4, 0.5) is 0 Å². The number of ether oxygens (including phenoxy) is 1. The maximum Gasteiger partial charge on any atom is 0.118 e. The molecule has 0 aliphatic carbocycles. The number of hydrogen-bond donors (Lipinski definition) is 1. The zero-order valence-corrected chi connectivity index (χ0v) is 10.6. The smallest absolute Gasteiger partial charge is 0.118 e. The molecule has 0 saturated carbocycles. The van der Waals surface area contributed by atoms with Gasteiger partial charge in [-0.25, -0.2) is 0 Å². The average molecular weight is 240 g/mol. The van der Waals surface area contributed by atoms with Gasteiger partial charge >= 0.3 is 0 Å². The van der Waals surface area contributed by atoms with Crippen LogP contribution in [0, 0.1) is 0 Å². The molecule has 2 nitrogen and oxygen atoms in total. The molecule has 2 aromatic carbocycles. The van der Waals surface area contributed by atoms with Gasteiger partial charge in [0.25, 0.3) is 0 Å². The monoisotopic (exact) mass is 240 g/mol. The van der Waals surface area contributed by atoms with E-state index in [-0.39, 0.29) is 5.75 Å². The van der Waals surface area contributed by atoms with Crippen molar-refractivity contribution < 1.29 is 9.84 Å². The summed E-state index contributed by atoms with van der Waals surface area (Å²) in [5.41, 5.74) is 3.40. The van der Waals surface area contributed by atoms with Crippen LogP contribution in [0.15, 0.2) is 48.5 Å². The molecule has 0 bridgehead atoms. The van der Waals surface area contributed by atoms with Crippen LogP contribution >= 0.6 is 0 Å². The molecule has 0 aliphatic rings. The van der Waals surface area contributed by atoms with Crippen LogP contribution in [0.3, 0.4) is 0 Å². The molecule has 2 heteroatoms. The Kier molecular flexibility index (Phi) is 3.68. The Hall–Kier alpha value is -2.22.